The normalized spacial score (nSPS) is 2.67. The Kier molecular flexibility index (Phi) is 1030. The minimum absolute atomic E-state index is 1.00. The van der Waals surface area contributed by atoms with E-state index in [1.54, 1.807) is 0 Å². The van der Waals surface area contributed by atoms with E-state index in [2.05, 4.69) is 0 Å². The van der Waals surface area contributed by atoms with E-state index >= 15 is 0 Å². The summed E-state index contributed by atoms with van der Waals surface area (Å²) in [4.78, 5) is 8.00. The van der Waals surface area contributed by atoms with Crippen molar-refractivity contribution in [1.29, 1.82) is 0 Å². The number of carbonyl (C=O) groups is 1. The lowest BCUT2D eigenvalue weighted by Crippen LogP contribution is -1.25. The van der Waals surface area contributed by atoms with E-state index < -0.39 is 0 Å². The van der Waals surface area contributed by atoms with Gasteiger partial charge in [0.25, 0.3) is 0 Å². The lowest BCUT2D eigenvalue weighted by atomic mass is 11.8. The lowest BCUT2D eigenvalue weighted by Gasteiger charge is -1.21. The molecule has 0 aliphatic carbocycles. The van der Waals surface area contributed by atoms with Crippen LogP contribution in [0.25, 0.3) is 0 Å². The molecule has 6 heavy (non-hydrogen) atoms. The van der Waals surface area contributed by atoms with Crippen molar-refractivity contribution in [2.24, 2.45) is 0 Å². The summed E-state index contributed by atoms with van der Waals surface area (Å²) < 4.78 is 0. The van der Waals surface area contributed by atoms with Gasteiger partial charge >= 0.3 is 0 Å². The maximum Gasteiger partial charge on any atom is 0.106 e. The van der Waals surface area contributed by atoms with E-state index in [9.17, 15) is 0 Å². The Hall–Kier alpha value is -0.410. The molecule has 0 aromatic heterocycles. The summed E-state index contributed by atoms with van der Waals surface area (Å²) >= 11 is 0. The number of rotatable bonds is 0. The Morgan fingerprint density at radius 1 is 1.00 bits per heavy atom. The van der Waals surface area contributed by atoms with Gasteiger partial charge in [0.15, 0.2) is 0 Å². The number of carbonyl (C=O) groups excluding carboxylic acids is 1. The molecule has 0 radical (unpaired) electrons. The largest absolute Gasteiger partial charge is 0.400 e. The third-order valence-corrected chi connectivity index (χ3v) is 0. The van der Waals surface area contributed by atoms with E-state index in [4.69, 9.17) is 15.0 Å². The van der Waals surface area contributed by atoms with Crippen molar-refractivity contribution in [3.8, 4) is 0 Å². The highest BCUT2D eigenvalue weighted by atomic mass is 16.2. The van der Waals surface area contributed by atoms with Crippen molar-refractivity contribution in [3.05, 3.63) is 0 Å². The van der Waals surface area contributed by atoms with Crippen LogP contribution in [0.1, 0.15) is 0 Å². The molecule has 2 N–H and O–H groups in total. The van der Waals surface area contributed by atoms with Gasteiger partial charge in [0.2, 0.25) is 0 Å². The fraction of sp³-hybridized carbons (Fsp3) is 0.667. The zero-order valence-corrected chi connectivity index (χ0v) is 4.01. The van der Waals surface area contributed by atoms with Crippen LogP contribution in [0, 0.1) is 0 Å². The first kappa shape index (κ1) is 17.6. The predicted octanol–water partition coefficient (Wildman–Crippen LogP) is -0.968. The number of hydrogen-bond acceptors (Lipinski definition) is 3. The first-order chi connectivity index (χ1) is 3.00. The van der Waals surface area contributed by atoms with Gasteiger partial charge in [0.1, 0.15) is 6.79 Å². The Morgan fingerprint density at radius 3 is 1.00 bits per heavy atom. The smallest absolute Gasteiger partial charge is 0.106 e. The SMILES string of the molecule is C=O.CO.CO. The highest BCUT2D eigenvalue weighted by molar-refractivity contribution is 5.10. The van der Waals surface area contributed by atoms with Crippen LogP contribution in [-0.2, 0) is 4.79 Å². The van der Waals surface area contributed by atoms with Gasteiger partial charge in [-0.3, -0.25) is 0 Å². The van der Waals surface area contributed by atoms with Crippen LogP contribution in [-0.4, -0.2) is 31.2 Å². The third kappa shape index (κ3) is 143. The van der Waals surface area contributed by atoms with Crippen molar-refractivity contribution in [3.63, 3.8) is 0 Å². The standard InChI is InChI=1S/2CH4O.CH2O/c3*1-2/h2*2H,1H3;1H2. The number of aliphatic hydroxyl groups is 2. The van der Waals surface area contributed by atoms with Crippen LogP contribution in [0.2, 0.25) is 0 Å². The van der Waals surface area contributed by atoms with Crippen molar-refractivity contribution in [1.82, 2.24) is 0 Å². The van der Waals surface area contributed by atoms with Gasteiger partial charge in [0.05, 0.1) is 0 Å². The fourth-order valence-corrected chi connectivity index (χ4v) is 0. The molecule has 3 nitrogen and oxygen atoms in total. The topological polar surface area (TPSA) is 57.5 Å². The lowest BCUT2D eigenvalue weighted by molar-refractivity contribution is -0.0979. The Morgan fingerprint density at radius 2 is 1.00 bits per heavy atom. The fourth-order valence-electron chi connectivity index (χ4n) is 0. The highest BCUT2D eigenvalue weighted by Gasteiger charge is 0.841. The third-order valence-electron chi connectivity index (χ3n) is 0. The number of aliphatic hydroxyl groups excluding tert-OH is 2. The van der Waals surface area contributed by atoms with Gasteiger partial charge in [-0.2, -0.15) is 0 Å². The molecule has 0 bridgehead atoms. The summed E-state index contributed by atoms with van der Waals surface area (Å²) in [7, 11) is 2.00. The summed E-state index contributed by atoms with van der Waals surface area (Å²) in [6.07, 6.45) is 0. The second-order valence-corrected chi connectivity index (χ2v) is 0. The first-order valence-electron chi connectivity index (χ1n) is 1.18. The monoisotopic (exact) mass is 94.1 g/mol. The van der Waals surface area contributed by atoms with Gasteiger partial charge in [0, 0.05) is 14.2 Å². The average Bonchev–Trinajstić information content (AvgIpc) is 1.81. The Bertz CT molecular complexity index is 6.00. The summed E-state index contributed by atoms with van der Waals surface area (Å²) in [5.41, 5.74) is 0. The van der Waals surface area contributed by atoms with Crippen LogP contribution < -0.4 is 0 Å². The molecule has 0 aromatic carbocycles. The zero-order chi connectivity index (χ0) is 6.00. The molecule has 0 rings (SSSR count). The van der Waals surface area contributed by atoms with E-state index in [1.807, 2.05) is 6.79 Å². The van der Waals surface area contributed by atoms with Gasteiger partial charge in [-0.25, -0.2) is 0 Å². The van der Waals surface area contributed by atoms with E-state index in [1.165, 1.54) is 0 Å². The van der Waals surface area contributed by atoms with Crippen molar-refractivity contribution in [2.45, 2.75) is 0 Å². The van der Waals surface area contributed by atoms with Crippen molar-refractivity contribution >= 4 is 6.79 Å². The van der Waals surface area contributed by atoms with Crippen LogP contribution >= 0.6 is 0 Å². The molecule has 0 heterocycles. The van der Waals surface area contributed by atoms with Crippen molar-refractivity contribution < 1.29 is 15.0 Å². The molecule has 0 aromatic rings. The molecule has 0 aliphatic rings. The summed E-state index contributed by atoms with van der Waals surface area (Å²) in [5, 5.41) is 14.0. The summed E-state index contributed by atoms with van der Waals surface area (Å²) in [6, 6.07) is 0. The second-order valence-electron chi connectivity index (χ2n) is 0. The highest BCUT2D eigenvalue weighted by Crippen LogP contribution is 0.757. The van der Waals surface area contributed by atoms with Gasteiger partial charge in [-0.05, 0) is 0 Å². The van der Waals surface area contributed by atoms with E-state index in [0.29, 0.717) is 0 Å². The molecule has 40 valence electrons. The molecule has 0 saturated carbocycles. The molecule has 0 spiro atoms. The van der Waals surface area contributed by atoms with E-state index in [-0.39, 0.29) is 0 Å². The minimum atomic E-state index is 1.00. The molecule has 0 atom stereocenters. The van der Waals surface area contributed by atoms with Gasteiger partial charge < -0.3 is 15.0 Å². The van der Waals surface area contributed by atoms with Crippen molar-refractivity contribution in [2.75, 3.05) is 14.2 Å². The molecular formula is C3H10O3. The van der Waals surface area contributed by atoms with Crippen LogP contribution in [0.5, 0.6) is 0 Å². The molecule has 0 saturated heterocycles. The molecule has 0 amide bonds. The Labute approximate surface area is 37.2 Å². The van der Waals surface area contributed by atoms with Crippen LogP contribution in [0.15, 0.2) is 0 Å². The maximum absolute atomic E-state index is 8.00. The maximum atomic E-state index is 8.00. The summed E-state index contributed by atoms with van der Waals surface area (Å²) in [6.45, 7) is 2.00. The molecular weight excluding hydrogens is 84.0 g/mol. The number of hydrogen-bond donors (Lipinski definition) is 2. The predicted molar refractivity (Wildman–Crippen MR) is 23.4 cm³/mol. The first-order valence-corrected chi connectivity index (χ1v) is 1.18. The van der Waals surface area contributed by atoms with Gasteiger partial charge in [-0.15, -0.1) is 0 Å². The molecule has 0 unspecified atom stereocenters. The van der Waals surface area contributed by atoms with Crippen LogP contribution in [0.3, 0.4) is 0 Å². The van der Waals surface area contributed by atoms with Crippen LogP contribution in [0.4, 0.5) is 0 Å². The summed E-state index contributed by atoms with van der Waals surface area (Å²) in [5.74, 6) is 0. The van der Waals surface area contributed by atoms with E-state index in [0.717, 1.165) is 14.2 Å². The van der Waals surface area contributed by atoms with Gasteiger partial charge in [-0.1, -0.05) is 0 Å². The Balaban J connectivity index is -0.0000000225. The average molecular weight is 94.1 g/mol. The minimum Gasteiger partial charge on any atom is -0.400 e. The quantitative estimate of drug-likeness (QED) is 0.406. The zero-order valence-electron chi connectivity index (χ0n) is 4.01. The molecule has 0 aliphatic heterocycles. The molecule has 3 heteroatoms. The second kappa shape index (κ2) is 352. The molecule has 0 fully saturated rings.